The normalized spacial score (nSPS) is 18.0. The predicted molar refractivity (Wildman–Crippen MR) is 83.6 cm³/mol. The van der Waals surface area contributed by atoms with E-state index in [1.165, 1.54) is 24.3 Å². The van der Waals surface area contributed by atoms with E-state index in [1.807, 2.05) is 0 Å². The molecule has 0 unspecified atom stereocenters. The highest BCUT2D eigenvalue weighted by Gasteiger charge is 2.24. The molecule has 3 nitrogen and oxygen atoms in total. The molecule has 110 valence electrons. The van der Waals surface area contributed by atoms with E-state index in [9.17, 15) is 13.6 Å². The second-order valence-electron chi connectivity index (χ2n) is 4.45. The number of hydrogen-bond acceptors (Lipinski definition) is 3. The zero-order chi connectivity index (χ0) is 15.5. The van der Waals surface area contributed by atoms with Crippen molar-refractivity contribution in [1.82, 2.24) is 5.32 Å². The van der Waals surface area contributed by atoms with Gasteiger partial charge in [0.15, 0.2) is 5.17 Å². The summed E-state index contributed by atoms with van der Waals surface area (Å²) in [6.07, 6.45) is 1.44. The van der Waals surface area contributed by atoms with Crippen molar-refractivity contribution >= 4 is 34.6 Å². The Balaban J connectivity index is 1.88. The van der Waals surface area contributed by atoms with Crippen LogP contribution in [-0.4, -0.2) is 11.1 Å². The van der Waals surface area contributed by atoms with Crippen molar-refractivity contribution < 1.29 is 13.6 Å². The molecule has 0 radical (unpaired) electrons. The molecule has 0 aliphatic carbocycles. The molecule has 1 N–H and O–H groups in total. The summed E-state index contributed by atoms with van der Waals surface area (Å²) in [4.78, 5) is 16.2. The number of amides is 1. The van der Waals surface area contributed by atoms with Crippen molar-refractivity contribution in [1.29, 1.82) is 0 Å². The number of rotatable bonds is 2. The molecule has 1 saturated heterocycles. The summed E-state index contributed by atoms with van der Waals surface area (Å²) in [6, 6.07) is 12.2. The van der Waals surface area contributed by atoms with Crippen LogP contribution in [0.15, 0.2) is 58.4 Å². The van der Waals surface area contributed by atoms with E-state index in [0.29, 0.717) is 10.5 Å². The molecule has 1 fully saturated rings. The molecule has 1 aliphatic rings. The number of nitrogens with zero attached hydrogens (tertiary/aromatic N) is 1. The van der Waals surface area contributed by atoms with Gasteiger partial charge in [-0.25, -0.2) is 13.8 Å². The summed E-state index contributed by atoms with van der Waals surface area (Å²) in [5.74, 6) is -1.28. The molecule has 1 aliphatic heterocycles. The number of hydrogen-bond donors (Lipinski definition) is 1. The number of para-hydroxylation sites is 1. The zero-order valence-corrected chi connectivity index (χ0v) is 12.0. The van der Waals surface area contributed by atoms with E-state index in [0.717, 1.165) is 11.8 Å². The maximum atomic E-state index is 13.6. The first kappa shape index (κ1) is 14.5. The quantitative estimate of drug-likeness (QED) is 0.855. The number of carbonyl (C=O) groups is 1. The average molecular weight is 316 g/mol. The van der Waals surface area contributed by atoms with E-state index < -0.39 is 11.6 Å². The lowest BCUT2D eigenvalue weighted by Gasteiger charge is -1.97. The lowest BCUT2D eigenvalue weighted by molar-refractivity contribution is -0.115. The summed E-state index contributed by atoms with van der Waals surface area (Å²) in [5.41, 5.74) is 0.449. The molecule has 1 heterocycles. The van der Waals surface area contributed by atoms with Gasteiger partial charge in [0, 0.05) is 5.56 Å². The highest BCUT2D eigenvalue weighted by molar-refractivity contribution is 8.18. The summed E-state index contributed by atoms with van der Waals surface area (Å²) in [7, 11) is 0. The highest BCUT2D eigenvalue weighted by atomic mass is 32.2. The minimum atomic E-state index is -0.476. The van der Waals surface area contributed by atoms with Gasteiger partial charge in [-0.3, -0.25) is 4.79 Å². The number of amidine groups is 1. The first-order valence-electron chi connectivity index (χ1n) is 6.42. The Kier molecular flexibility index (Phi) is 4.02. The molecule has 2 aromatic rings. The van der Waals surface area contributed by atoms with Crippen molar-refractivity contribution in [2.45, 2.75) is 0 Å². The first-order chi connectivity index (χ1) is 10.6. The minimum absolute atomic E-state index is 0.137. The highest BCUT2D eigenvalue weighted by Crippen LogP contribution is 2.29. The third-order valence-corrected chi connectivity index (χ3v) is 3.83. The topological polar surface area (TPSA) is 41.5 Å². The van der Waals surface area contributed by atoms with Gasteiger partial charge in [-0.05, 0) is 36.0 Å². The van der Waals surface area contributed by atoms with Gasteiger partial charge in [-0.1, -0.05) is 30.3 Å². The molecule has 6 heteroatoms. The third-order valence-electron chi connectivity index (χ3n) is 2.92. The Bertz CT molecular complexity index is 802. The van der Waals surface area contributed by atoms with E-state index in [-0.39, 0.29) is 16.8 Å². The number of benzene rings is 2. The fraction of sp³-hybridized carbons (Fsp3) is 0. The smallest absolute Gasteiger partial charge is 0.264 e. The molecule has 3 rings (SSSR count). The standard InChI is InChI=1S/C16H10F2N2OS/c17-11-6-2-1-5-10(11)9-14-15(21)20-16(22-14)19-13-8-4-3-7-12(13)18/h1-9H,(H,19,20,21). The Morgan fingerprint density at radius 1 is 1.00 bits per heavy atom. The SMILES string of the molecule is O=C1NC(=Nc2ccccc2F)SC1=Cc1ccccc1F. The molecule has 0 atom stereocenters. The summed E-state index contributed by atoms with van der Waals surface area (Å²) in [5, 5.41) is 2.80. The van der Waals surface area contributed by atoms with Crippen LogP contribution < -0.4 is 5.32 Å². The van der Waals surface area contributed by atoms with Crippen molar-refractivity contribution in [3.05, 3.63) is 70.6 Å². The van der Waals surface area contributed by atoms with Gasteiger partial charge in [0.05, 0.1) is 4.91 Å². The molecule has 0 bridgehead atoms. The Hall–Kier alpha value is -2.47. The van der Waals surface area contributed by atoms with Crippen LogP contribution in [0.3, 0.4) is 0 Å². The van der Waals surface area contributed by atoms with E-state index in [1.54, 1.807) is 30.3 Å². The van der Waals surface area contributed by atoms with Crippen molar-refractivity contribution in [2.75, 3.05) is 0 Å². The summed E-state index contributed by atoms with van der Waals surface area (Å²) in [6.45, 7) is 0. The number of carbonyl (C=O) groups excluding carboxylic acids is 1. The van der Waals surface area contributed by atoms with Crippen molar-refractivity contribution in [3.63, 3.8) is 0 Å². The lowest BCUT2D eigenvalue weighted by atomic mass is 10.2. The Labute approximate surface area is 129 Å². The van der Waals surface area contributed by atoms with Gasteiger partial charge < -0.3 is 5.32 Å². The molecular formula is C16H10F2N2OS. The maximum absolute atomic E-state index is 13.6. The van der Waals surface area contributed by atoms with Crippen molar-refractivity contribution in [3.8, 4) is 0 Å². The molecule has 2 aromatic carbocycles. The largest absolute Gasteiger partial charge is 0.300 e. The fourth-order valence-corrected chi connectivity index (χ4v) is 2.69. The Morgan fingerprint density at radius 2 is 1.68 bits per heavy atom. The average Bonchev–Trinajstić information content (AvgIpc) is 2.84. The van der Waals surface area contributed by atoms with Crippen LogP contribution in [-0.2, 0) is 4.79 Å². The number of halogens is 2. The third kappa shape index (κ3) is 3.07. The first-order valence-corrected chi connectivity index (χ1v) is 7.24. The van der Waals surface area contributed by atoms with Crippen LogP contribution in [0.1, 0.15) is 5.56 Å². The van der Waals surface area contributed by atoms with E-state index in [4.69, 9.17) is 0 Å². The molecule has 0 spiro atoms. The molecule has 22 heavy (non-hydrogen) atoms. The van der Waals surface area contributed by atoms with Crippen LogP contribution >= 0.6 is 11.8 Å². The van der Waals surface area contributed by atoms with Crippen LogP contribution in [0.4, 0.5) is 14.5 Å². The Morgan fingerprint density at radius 3 is 2.41 bits per heavy atom. The summed E-state index contributed by atoms with van der Waals surface area (Å²) >= 11 is 1.04. The molecule has 0 aromatic heterocycles. The number of nitrogens with one attached hydrogen (secondary N) is 1. The monoisotopic (exact) mass is 316 g/mol. The van der Waals surface area contributed by atoms with Crippen LogP contribution in [0, 0.1) is 11.6 Å². The molecular weight excluding hydrogens is 306 g/mol. The number of aliphatic imine (C=N–C) groups is 1. The van der Waals surface area contributed by atoms with E-state index >= 15 is 0 Å². The van der Waals surface area contributed by atoms with Gasteiger partial charge in [-0.15, -0.1) is 0 Å². The number of thioether (sulfide) groups is 1. The van der Waals surface area contributed by atoms with Gasteiger partial charge >= 0.3 is 0 Å². The van der Waals surface area contributed by atoms with Crippen LogP contribution in [0.5, 0.6) is 0 Å². The predicted octanol–water partition coefficient (Wildman–Crippen LogP) is 3.86. The minimum Gasteiger partial charge on any atom is -0.300 e. The second kappa shape index (κ2) is 6.11. The second-order valence-corrected chi connectivity index (χ2v) is 5.49. The van der Waals surface area contributed by atoms with Gasteiger partial charge in [0.2, 0.25) is 0 Å². The zero-order valence-electron chi connectivity index (χ0n) is 11.2. The van der Waals surface area contributed by atoms with Gasteiger partial charge in [-0.2, -0.15) is 0 Å². The summed E-state index contributed by atoms with van der Waals surface area (Å²) < 4.78 is 27.1. The maximum Gasteiger partial charge on any atom is 0.264 e. The van der Waals surface area contributed by atoms with Gasteiger partial charge in [0.1, 0.15) is 17.3 Å². The van der Waals surface area contributed by atoms with E-state index in [2.05, 4.69) is 10.3 Å². The van der Waals surface area contributed by atoms with Crippen molar-refractivity contribution in [2.24, 2.45) is 4.99 Å². The lowest BCUT2D eigenvalue weighted by Crippen LogP contribution is -2.19. The fourth-order valence-electron chi connectivity index (χ4n) is 1.87. The van der Waals surface area contributed by atoms with Crippen LogP contribution in [0.2, 0.25) is 0 Å². The van der Waals surface area contributed by atoms with Crippen LogP contribution in [0.25, 0.3) is 6.08 Å². The van der Waals surface area contributed by atoms with Gasteiger partial charge in [0.25, 0.3) is 5.91 Å². The molecule has 0 saturated carbocycles. The molecule has 1 amide bonds.